The largest absolute Gasteiger partial charge is 0.512 e. The summed E-state index contributed by atoms with van der Waals surface area (Å²) in [5.41, 5.74) is 0. The Balaban J connectivity index is 0.000000402. The molecule has 8 nitrogen and oxygen atoms in total. The van der Waals surface area contributed by atoms with E-state index < -0.39 is 17.1 Å². The molecule has 0 fully saturated rings. The van der Waals surface area contributed by atoms with E-state index in [1.807, 2.05) is 87.6 Å². The van der Waals surface area contributed by atoms with Crippen LogP contribution >= 0.6 is 0 Å². The maximum absolute atomic E-state index is 10.2. The van der Waals surface area contributed by atoms with Crippen LogP contribution < -0.4 is 8.85 Å². The zero-order valence-corrected chi connectivity index (χ0v) is 23.8. The van der Waals surface area contributed by atoms with Crippen LogP contribution in [0.4, 0.5) is 0 Å². The van der Waals surface area contributed by atoms with Crippen molar-refractivity contribution >= 4 is 29.3 Å². The Morgan fingerprint density at radius 3 is 1.42 bits per heavy atom. The number of carbonyl (C=O) groups excluding carboxylic acids is 2. The van der Waals surface area contributed by atoms with Crippen molar-refractivity contribution in [3.63, 3.8) is 0 Å². The highest BCUT2D eigenvalue weighted by Crippen LogP contribution is 2.24. The van der Waals surface area contributed by atoms with Crippen LogP contribution in [0.3, 0.4) is 0 Å². The SMILES string of the molecule is CCO[Si](C)(CCCN=C=O)OCC.C[Si](CCCN=C=O)(Oc1ccccc1)Oc1ccccc1. The molecule has 0 aliphatic carbocycles. The van der Waals surface area contributed by atoms with E-state index in [1.54, 1.807) is 6.08 Å². The van der Waals surface area contributed by atoms with Crippen molar-refractivity contribution in [1.29, 1.82) is 0 Å². The average Bonchev–Trinajstić information content (AvgIpc) is 2.86. The Labute approximate surface area is 216 Å². The van der Waals surface area contributed by atoms with Gasteiger partial charge in [0.25, 0.3) is 0 Å². The number of hydrogen-bond acceptors (Lipinski definition) is 8. The van der Waals surface area contributed by atoms with E-state index in [0.29, 0.717) is 26.3 Å². The molecule has 2 aromatic carbocycles. The van der Waals surface area contributed by atoms with Gasteiger partial charge in [-0.25, -0.2) is 19.6 Å². The predicted molar refractivity (Wildman–Crippen MR) is 145 cm³/mol. The third-order valence-corrected chi connectivity index (χ3v) is 10.6. The van der Waals surface area contributed by atoms with E-state index in [4.69, 9.17) is 17.7 Å². The fourth-order valence-electron chi connectivity index (χ4n) is 3.44. The molecule has 0 radical (unpaired) electrons. The molecule has 0 aliphatic heterocycles. The molecule has 0 aromatic heterocycles. The van der Waals surface area contributed by atoms with Gasteiger partial charge in [-0.1, -0.05) is 36.4 Å². The van der Waals surface area contributed by atoms with E-state index in [-0.39, 0.29) is 0 Å². The van der Waals surface area contributed by atoms with Crippen molar-refractivity contribution in [2.24, 2.45) is 9.98 Å². The number of rotatable bonds is 16. The summed E-state index contributed by atoms with van der Waals surface area (Å²) in [6.07, 6.45) is 4.65. The van der Waals surface area contributed by atoms with Crippen LogP contribution in [0.25, 0.3) is 0 Å². The van der Waals surface area contributed by atoms with Gasteiger partial charge in [0.2, 0.25) is 12.2 Å². The first-order valence-electron chi connectivity index (χ1n) is 12.2. The molecule has 0 aliphatic rings. The lowest BCUT2D eigenvalue weighted by Crippen LogP contribution is -2.45. The van der Waals surface area contributed by atoms with Gasteiger partial charge in [-0.05, 0) is 63.5 Å². The number of aliphatic imine (C=N–C) groups is 2. The van der Waals surface area contributed by atoms with Gasteiger partial charge in [-0.15, -0.1) is 0 Å². The van der Waals surface area contributed by atoms with Crippen molar-refractivity contribution < 1.29 is 27.3 Å². The Kier molecular flexibility index (Phi) is 16.0. The maximum atomic E-state index is 10.2. The summed E-state index contributed by atoms with van der Waals surface area (Å²) < 4.78 is 23.6. The minimum Gasteiger partial charge on any atom is -0.512 e. The van der Waals surface area contributed by atoms with Crippen molar-refractivity contribution in [3.05, 3.63) is 60.7 Å². The molecule has 196 valence electrons. The first-order chi connectivity index (χ1) is 17.4. The lowest BCUT2D eigenvalue weighted by Gasteiger charge is -2.28. The monoisotopic (exact) mass is 530 g/mol. The average molecular weight is 531 g/mol. The van der Waals surface area contributed by atoms with E-state index >= 15 is 0 Å². The van der Waals surface area contributed by atoms with E-state index in [9.17, 15) is 9.59 Å². The fourth-order valence-corrected chi connectivity index (χ4v) is 8.15. The highest BCUT2D eigenvalue weighted by molar-refractivity contribution is 6.67. The Bertz CT molecular complexity index is 888. The molecule has 0 bridgehead atoms. The molecule has 0 saturated heterocycles. The van der Waals surface area contributed by atoms with Gasteiger partial charge in [-0.2, -0.15) is 0 Å². The standard InChI is InChI=1S/C17H19NO3Si.C9H19NO3Si/c1-22(14-8-13-18-15-19,20-16-9-4-2-5-10-16)21-17-11-6-3-7-12-17;1-4-12-14(3,13-5-2)8-6-7-10-9-11/h2-7,9-12H,8,13-14H2,1H3;4-8H2,1-3H3. The summed E-state index contributed by atoms with van der Waals surface area (Å²) in [6, 6.07) is 20.9. The number of hydrogen-bond donors (Lipinski definition) is 0. The van der Waals surface area contributed by atoms with Crippen molar-refractivity contribution in [1.82, 2.24) is 0 Å². The second kappa shape index (κ2) is 18.4. The molecule has 0 heterocycles. The topological polar surface area (TPSA) is 95.8 Å². The third kappa shape index (κ3) is 13.9. The summed E-state index contributed by atoms with van der Waals surface area (Å²) >= 11 is 0. The molecular formula is C26H38N2O6Si2. The smallest absolute Gasteiger partial charge is 0.457 e. The Morgan fingerprint density at radius 2 is 1.06 bits per heavy atom. The first kappa shape index (κ1) is 31.2. The molecule has 36 heavy (non-hydrogen) atoms. The van der Waals surface area contributed by atoms with Crippen LogP contribution in [0.1, 0.15) is 26.7 Å². The second-order valence-corrected chi connectivity index (χ2v) is 14.6. The molecule has 0 unspecified atom stereocenters. The number of benzene rings is 2. The summed E-state index contributed by atoms with van der Waals surface area (Å²) in [7, 11) is -4.46. The quantitative estimate of drug-likeness (QED) is 0.118. The molecule has 0 amide bonds. The van der Waals surface area contributed by atoms with Crippen LogP contribution in [0.2, 0.25) is 25.2 Å². The molecular weight excluding hydrogens is 492 g/mol. The Hall–Kier alpha value is -2.85. The summed E-state index contributed by atoms with van der Waals surface area (Å²) in [5, 5.41) is 0. The zero-order valence-electron chi connectivity index (χ0n) is 21.8. The minimum absolute atomic E-state index is 0.447. The van der Waals surface area contributed by atoms with Crippen LogP contribution in [-0.2, 0) is 18.4 Å². The van der Waals surface area contributed by atoms with Crippen LogP contribution in [0, 0.1) is 0 Å². The lowest BCUT2D eigenvalue weighted by molar-refractivity contribution is 0.188. The fraction of sp³-hybridized carbons (Fsp3) is 0.462. The molecule has 0 atom stereocenters. The van der Waals surface area contributed by atoms with Gasteiger partial charge in [-0.3, -0.25) is 0 Å². The molecule has 2 aromatic rings. The number of isocyanates is 2. The number of nitrogens with zero attached hydrogens (tertiary/aromatic N) is 2. The summed E-state index contributed by atoms with van der Waals surface area (Å²) in [6.45, 7) is 10.3. The van der Waals surface area contributed by atoms with Gasteiger partial charge >= 0.3 is 17.1 Å². The van der Waals surface area contributed by atoms with Crippen molar-refractivity contribution in [2.75, 3.05) is 26.3 Å². The normalized spacial score (nSPS) is 10.8. The van der Waals surface area contributed by atoms with Gasteiger partial charge in [0, 0.05) is 25.8 Å². The maximum Gasteiger partial charge on any atom is 0.457 e. The Morgan fingerprint density at radius 1 is 0.667 bits per heavy atom. The van der Waals surface area contributed by atoms with Crippen LogP contribution in [0.15, 0.2) is 70.6 Å². The highest BCUT2D eigenvalue weighted by atomic mass is 28.4. The summed E-state index contributed by atoms with van der Waals surface area (Å²) in [5.74, 6) is 1.60. The highest BCUT2D eigenvalue weighted by Gasteiger charge is 2.35. The van der Waals surface area contributed by atoms with Crippen LogP contribution in [-0.4, -0.2) is 55.6 Å². The van der Waals surface area contributed by atoms with E-state index in [0.717, 1.165) is 36.4 Å². The van der Waals surface area contributed by atoms with Gasteiger partial charge in [0.05, 0.1) is 13.1 Å². The molecule has 10 heteroatoms. The van der Waals surface area contributed by atoms with E-state index in [2.05, 4.69) is 9.98 Å². The molecule has 0 N–H and O–H groups in total. The lowest BCUT2D eigenvalue weighted by atomic mass is 10.3. The van der Waals surface area contributed by atoms with Gasteiger partial charge in [0.15, 0.2) is 0 Å². The first-order valence-corrected chi connectivity index (χ1v) is 17.3. The van der Waals surface area contributed by atoms with Crippen LogP contribution in [0.5, 0.6) is 11.5 Å². The van der Waals surface area contributed by atoms with Crippen molar-refractivity contribution in [2.45, 2.75) is 51.9 Å². The predicted octanol–water partition coefficient (Wildman–Crippen LogP) is 5.80. The van der Waals surface area contributed by atoms with Gasteiger partial charge in [0.1, 0.15) is 11.5 Å². The van der Waals surface area contributed by atoms with Gasteiger partial charge < -0.3 is 17.7 Å². The summed E-state index contributed by atoms with van der Waals surface area (Å²) in [4.78, 5) is 27.1. The number of para-hydroxylation sites is 2. The molecule has 0 spiro atoms. The zero-order chi connectivity index (χ0) is 26.5. The molecule has 0 saturated carbocycles. The third-order valence-electron chi connectivity index (χ3n) is 4.98. The minimum atomic E-state index is -2.47. The molecule has 2 rings (SSSR count). The van der Waals surface area contributed by atoms with E-state index in [1.165, 1.54) is 6.08 Å². The second-order valence-electron chi connectivity index (χ2n) is 8.12. The van der Waals surface area contributed by atoms with Crippen molar-refractivity contribution in [3.8, 4) is 11.5 Å².